The van der Waals surface area contributed by atoms with Gasteiger partial charge in [-0.15, -0.1) is 0 Å². The molecule has 0 fully saturated rings. The molecule has 12 nitrogen and oxygen atoms in total. The highest BCUT2D eigenvalue weighted by Crippen LogP contribution is 2.33. The van der Waals surface area contributed by atoms with Gasteiger partial charge in [0.25, 0.3) is 0 Å². The van der Waals surface area contributed by atoms with Gasteiger partial charge in [-0.25, -0.2) is 27.5 Å². The average Bonchev–Trinajstić information content (AvgIpc) is 3.59. The van der Waals surface area contributed by atoms with Crippen LogP contribution in [0.2, 0.25) is 0 Å². The predicted molar refractivity (Wildman–Crippen MR) is 161 cm³/mol. The van der Waals surface area contributed by atoms with E-state index in [9.17, 15) is 12.8 Å². The van der Waals surface area contributed by atoms with Crippen LogP contribution in [0.25, 0.3) is 56.0 Å². The highest BCUT2D eigenvalue weighted by atomic mass is 32.2. The smallest absolute Gasteiger partial charge is 0.209 e. The molecule has 0 atom stereocenters. The molecule has 5 heterocycles. The van der Waals surface area contributed by atoms with Gasteiger partial charge in [0.1, 0.15) is 23.9 Å². The Morgan fingerprint density at radius 3 is 2.72 bits per heavy atom. The Morgan fingerprint density at radius 1 is 1.05 bits per heavy atom. The zero-order chi connectivity index (χ0) is 30.1. The van der Waals surface area contributed by atoms with Crippen LogP contribution in [0.15, 0.2) is 61.2 Å². The van der Waals surface area contributed by atoms with Crippen LogP contribution in [-0.2, 0) is 16.6 Å². The number of fused-ring (bicyclic) bond motifs is 2. The second kappa shape index (κ2) is 11.5. The Labute approximate surface area is 246 Å². The van der Waals surface area contributed by atoms with Crippen molar-refractivity contribution in [1.29, 1.82) is 0 Å². The van der Waals surface area contributed by atoms with Crippen molar-refractivity contribution >= 4 is 32.1 Å². The monoisotopic (exact) mass is 601 g/mol. The highest BCUT2D eigenvalue weighted by molar-refractivity contribution is 7.88. The maximum absolute atomic E-state index is 14.6. The minimum absolute atomic E-state index is 0.0394. The molecule has 0 saturated heterocycles. The molecular formula is C29H28FN9O3S. The van der Waals surface area contributed by atoms with Gasteiger partial charge in [-0.1, -0.05) is 0 Å². The number of imidazole rings is 1. The van der Waals surface area contributed by atoms with Gasteiger partial charge in [0.2, 0.25) is 10.0 Å². The standard InChI is InChI=1S/C29H28FN9O3S/c1-39(2)6-7-42-21-11-19(14-31-15-21)24-12-23-25(16-33-24)37-38-27(23)29-35-26-22(4-5-32-28(26)36-29)18-8-17(9-20(30)10-18)13-34-43(3,40)41/h4-5,8-12,14-16,34H,6-7,13H2,1-3H3,(H,37,38)(H,32,35,36). The number of halogens is 1. The molecule has 5 aromatic heterocycles. The number of pyridine rings is 3. The summed E-state index contributed by atoms with van der Waals surface area (Å²) in [5.74, 6) is 0.622. The number of likely N-dealkylation sites (N-methyl/N-ethyl adjacent to an activating group) is 1. The summed E-state index contributed by atoms with van der Waals surface area (Å²) >= 11 is 0. The minimum atomic E-state index is -3.44. The molecular weight excluding hydrogens is 573 g/mol. The first-order valence-corrected chi connectivity index (χ1v) is 15.2. The number of rotatable bonds is 10. The molecule has 0 radical (unpaired) electrons. The van der Waals surface area contributed by atoms with E-state index in [4.69, 9.17) is 4.74 Å². The number of nitrogens with one attached hydrogen (secondary N) is 3. The Morgan fingerprint density at radius 2 is 1.91 bits per heavy atom. The van der Waals surface area contributed by atoms with E-state index in [0.29, 0.717) is 62.9 Å². The van der Waals surface area contributed by atoms with Crippen LogP contribution < -0.4 is 9.46 Å². The summed E-state index contributed by atoms with van der Waals surface area (Å²) in [4.78, 5) is 23.3. The van der Waals surface area contributed by atoms with Gasteiger partial charge >= 0.3 is 0 Å². The lowest BCUT2D eigenvalue weighted by atomic mass is 10.0. The topological polar surface area (TPSA) is 155 Å². The molecule has 0 spiro atoms. The van der Waals surface area contributed by atoms with E-state index in [2.05, 4.69) is 39.8 Å². The fraction of sp³-hybridized carbons (Fsp3) is 0.207. The summed E-state index contributed by atoms with van der Waals surface area (Å²) in [6, 6.07) is 9.95. The predicted octanol–water partition coefficient (Wildman–Crippen LogP) is 3.75. The van der Waals surface area contributed by atoms with Gasteiger partial charge < -0.3 is 14.6 Å². The minimum Gasteiger partial charge on any atom is -0.491 e. The van der Waals surface area contributed by atoms with Crippen LogP contribution in [0.3, 0.4) is 0 Å². The van der Waals surface area contributed by atoms with E-state index in [-0.39, 0.29) is 6.54 Å². The third-order valence-corrected chi connectivity index (χ3v) is 7.36. The number of hydrogen-bond donors (Lipinski definition) is 3. The van der Waals surface area contributed by atoms with Crippen LogP contribution >= 0.6 is 0 Å². The zero-order valence-electron chi connectivity index (χ0n) is 23.6. The van der Waals surface area contributed by atoms with Crippen molar-refractivity contribution in [2.45, 2.75) is 6.54 Å². The second-order valence-corrected chi connectivity index (χ2v) is 12.2. The van der Waals surface area contributed by atoms with Crippen molar-refractivity contribution < 1.29 is 17.5 Å². The van der Waals surface area contributed by atoms with Gasteiger partial charge in [0.05, 0.1) is 35.4 Å². The molecule has 3 N–H and O–H groups in total. The number of nitrogens with zero attached hydrogens (tertiary/aromatic N) is 6. The quantitative estimate of drug-likeness (QED) is 0.213. The van der Waals surface area contributed by atoms with Crippen molar-refractivity contribution in [2.75, 3.05) is 33.5 Å². The second-order valence-electron chi connectivity index (χ2n) is 10.3. The molecule has 6 aromatic rings. The molecule has 1 aromatic carbocycles. The van der Waals surface area contributed by atoms with Crippen molar-refractivity contribution in [1.82, 2.24) is 44.7 Å². The lowest BCUT2D eigenvalue weighted by Crippen LogP contribution is -2.21. The Balaban J connectivity index is 1.35. The number of aromatic amines is 2. The van der Waals surface area contributed by atoms with E-state index in [1.165, 1.54) is 12.1 Å². The maximum atomic E-state index is 14.6. The van der Waals surface area contributed by atoms with Gasteiger partial charge in [0.15, 0.2) is 11.5 Å². The lowest BCUT2D eigenvalue weighted by Gasteiger charge is -2.11. The molecule has 0 amide bonds. The molecule has 43 heavy (non-hydrogen) atoms. The maximum Gasteiger partial charge on any atom is 0.209 e. The fourth-order valence-corrected chi connectivity index (χ4v) is 5.05. The van der Waals surface area contributed by atoms with Crippen LogP contribution in [-0.4, -0.2) is 81.9 Å². The summed E-state index contributed by atoms with van der Waals surface area (Å²) in [5, 5.41) is 8.28. The number of aromatic nitrogens is 7. The van der Waals surface area contributed by atoms with Gasteiger partial charge in [-0.2, -0.15) is 5.10 Å². The summed E-state index contributed by atoms with van der Waals surface area (Å²) in [7, 11) is 0.528. The van der Waals surface area contributed by atoms with E-state index < -0.39 is 15.8 Å². The molecule has 220 valence electrons. The fourth-order valence-electron chi connectivity index (χ4n) is 4.63. The molecule has 0 aliphatic heterocycles. The lowest BCUT2D eigenvalue weighted by molar-refractivity contribution is 0.261. The third kappa shape index (κ3) is 6.35. The van der Waals surface area contributed by atoms with E-state index >= 15 is 0 Å². The average molecular weight is 602 g/mol. The number of ether oxygens (including phenoxy) is 1. The number of benzene rings is 1. The Hall–Kier alpha value is -4.79. The molecule has 6 rings (SSSR count). The Kier molecular flexibility index (Phi) is 7.56. The SMILES string of the molecule is CN(C)CCOc1cncc(-c2cc3c(-c4nc5nccc(-c6cc(F)cc(CNS(C)(=O)=O)c6)c5[nH]4)n[nH]c3cn2)c1. The summed E-state index contributed by atoms with van der Waals surface area (Å²) in [6.45, 7) is 1.27. The van der Waals surface area contributed by atoms with Gasteiger partial charge in [-0.3, -0.25) is 15.1 Å². The molecule has 0 aliphatic carbocycles. The normalized spacial score (nSPS) is 12.0. The first kappa shape index (κ1) is 28.3. The molecule has 14 heteroatoms. The number of hydrogen-bond acceptors (Lipinski definition) is 9. The third-order valence-electron chi connectivity index (χ3n) is 6.69. The first-order valence-electron chi connectivity index (χ1n) is 13.3. The largest absolute Gasteiger partial charge is 0.491 e. The summed E-state index contributed by atoms with van der Waals surface area (Å²) in [6.07, 6.45) is 7.74. The number of sulfonamides is 1. The molecule has 0 aliphatic rings. The van der Waals surface area contributed by atoms with Gasteiger partial charge in [0, 0.05) is 42.0 Å². The molecule has 0 unspecified atom stereocenters. The van der Waals surface area contributed by atoms with Crippen LogP contribution in [0, 0.1) is 5.82 Å². The van der Waals surface area contributed by atoms with Crippen LogP contribution in [0.1, 0.15) is 5.56 Å². The first-order chi connectivity index (χ1) is 20.6. The highest BCUT2D eigenvalue weighted by Gasteiger charge is 2.18. The van der Waals surface area contributed by atoms with Crippen molar-refractivity contribution in [3.05, 3.63) is 72.6 Å². The van der Waals surface area contributed by atoms with E-state index in [1.54, 1.807) is 36.9 Å². The van der Waals surface area contributed by atoms with Crippen LogP contribution in [0.4, 0.5) is 4.39 Å². The van der Waals surface area contributed by atoms with E-state index in [1.807, 2.05) is 31.1 Å². The Bertz CT molecular complexity index is 2060. The summed E-state index contributed by atoms with van der Waals surface area (Å²) < 4.78 is 45.9. The zero-order valence-corrected chi connectivity index (χ0v) is 24.4. The van der Waals surface area contributed by atoms with Crippen molar-refractivity contribution in [3.8, 4) is 39.7 Å². The summed E-state index contributed by atoms with van der Waals surface area (Å²) in [5.41, 5.74) is 5.44. The molecule has 0 saturated carbocycles. The molecule has 0 bridgehead atoms. The van der Waals surface area contributed by atoms with Crippen molar-refractivity contribution in [2.24, 2.45) is 0 Å². The number of H-pyrrole nitrogens is 2. The van der Waals surface area contributed by atoms with Gasteiger partial charge in [-0.05, 0) is 61.6 Å². The van der Waals surface area contributed by atoms with Crippen LogP contribution in [0.5, 0.6) is 5.75 Å². The van der Waals surface area contributed by atoms with E-state index in [0.717, 1.165) is 23.8 Å². The van der Waals surface area contributed by atoms with Crippen molar-refractivity contribution in [3.63, 3.8) is 0 Å².